The van der Waals surface area contributed by atoms with Crippen molar-refractivity contribution in [3.63, 3.8) is 0 Å². The lowest BCUT2D eigenvalue weighted by molar-refractivity contribution is 0.313. The Hall–Kier alpha value is 0.530. The Kier molecular flexibility index (Phi) is 8.32. The van der Waals surface area contributed by atoms with E-state index in [0.717, 1.165) is 0 Å². The number of hydrogen-bond acceptors (Lipinski definition) is 5. The largest absolute Gasteiger partial charge is 0.344 e. The van der Waals surface area contributed by atoms with Gasteiger partial charge in [-0.2, -0.15) is 0 Å². The van der Waals surface area contributed by atoms with Crippen molar-refractivity contribution < 1.29 is 32.1 Å². The summed E-state index contributed by atoms with van der Waals surface area (Å²) in [7, 11) is -12.2. The summed E-state index contributed by atoms with van der Waals surface area (Å²) in [6.07, 6.45) is 0.559. The molecule has 116 valence electrons. The Labute approximate surface area is 114 Å². The highest BCUT2D eigenvalue weighted by molar-refractivity contribution is 7.72. The van der Waals surface area contributed by atoms with Crippen LogP contribution in [-0.2, 0) is 22.3 Å². The molecule has 0 heterocycles. The van der Waals surface area contributed by atoms with Crippen molar-refractivity contribution >= 4 is 22.8 Å². The van der Waals surface area contributed by atoms with E-state index in [1.165, 1.54) is 0 Å². The summed E-state index contributed by atoms with van der Waals surface area (Å²) in [4.78, 5) is 19.0. The second-order valence-corrected chi connectivity index (χ2v) is 10.6. The van der Waals surface area contributed by atoms with Gasteiger partial charge in [0.1, 0.15) is 0 Å². The highest BCUT2D eigenvalue weighted by atomic mass is 31.3. The van der Waals surface area contributed by atoms with Crippen LogP contribution in [0.4, 0.5) is 0 Å². The molecule has 2 atom stereocenters. The zero-order valence-electron chi connectivity index (χ0n) is 11.5. The molecule has 0 bridgehead atoms. The monoisotopic (exact) mass is 336 g/mol. The van der Waals surface area contributed by atoms with Gasteiger partial charge in [-0.15, -0.1) is 0 Å². The molecule has 0 saturated heterocycles. The van der Waals surface area contributed by atoms with Crippen molar-refractivity contribution in [2.45, 2.75) is 40.0 Å². The van der Waals surface area contributed by atoms with Gasteiger partial charge in [-0.25, -0.2) is 8.62 Å². The molecule has 0 aromatic carbocycles. The van der Waals surface area contributed by atoms with E-state index in [4.69, 9.17) is 8.62 Å². The van der Waals surface area contributed by atoms with Crippen LogP contribution in [0.15, 0.2) is 0 Å². The van der Waals surface area contributed by atoms with Crippen LogP contribution in [0.1, 0.15) is 40.0 Å². The van der Waals surface area contributed by atoms with Crippen molar-refractivity contribution in [1.29, 1.82) is 0 Å². The topological polar surface area (TPSA) is 110 Å². The molecule has 7 nitrogen and oxygen atoms in total. The first-order chi connectivity index (χ1) is 8.60. The molecule has 0 amide bonds. The van der Waals surface area contributed by atoms with Crippen LogP contribution < -0.4 is 0 Å². The maximum atomic E-state index is 12.3. The molecule has 2 N–H and O–H groups in total. The van der Waals surface area contributed by atoms with E-state index >= 15 is 0 Å². The molecule has 0 fully saturated rings. The summed E-state index contributed by atoms with van der Waals surface area (Å²) < 4.78 is 45.0. The van der Waals surface area contributed by atoms with Crippen molar-refractivity contribution in [3.8, 4) is 0 Å². The first kappa shape index (κ1) is 19.5. The lowest BCUT2D eigenvalue weighted by atomic mass is 10.6. The van der Waals surface area contributed by atoms with Gasteiger partial charge in [0.2, 0.25) is 0 Å². The van der Waals surface area contributed by atoms with Crippen LogP contribution in [-0.4, -0.2) is 28.3 Å². The van der Waals surface area contributed by atoms with Crippen LogP contribution in [0.25, 0.3) is 0 Å². The second-order valence-electron chi connectivity index (χ2n) is 4.22. The van der Waals surface area contributed by atoms with E-state index in [1.807, 2.05) is 0 Å². The normalized spacial score (nSPS) is 21.3. The van der Waals surface area contributed by atoms with E-state index in [9.17, 15) is 23.5 Å². The molecule has 2 unspecified atom stereocenters. The molecule has 0 aromatic rings. The third-order valence-electron chi connectivity index (χ3n) is 2.01. The van der Waals surface area contributed by atoms with Gasteiger partial charge >= 0.3 is 22.8 Å². The molecule has 0 aliphatic heterocycles. The van der Waals surface area contributed by atoms with Crippen LogP contribution in [0.2, 0.25) is 0 Å². The summed E-state index contributed by atoms with van der Waals surface area (Å²) in [6.45, 7) is 5.02. The molecule has 0 aromatic heterocycles. The minimum Gasteiger partial charge on any atom is -0.324 e. The molecule has 0 saturated carbocycles. The van der Waals surface area contributed by atoms with Gasteiger partial charge in [0.05, 0.1) is 18.5 Å². The standard InChI is InChI=1S/C9H23O7P3/c1-4-7-17(10,11)15-19(14,9-6-3)16-18(12,13)8-5-2/h4-9H2,1-3H3,(H,10,11)(H,12,13). The zero-order chi connectivity index (χ0) is 15.2. The quantitative estimate of drug-likeness (QED) is 0.584. The maximum absolute atomic E-state index is 12.3. The summed E-state index contributed by atoms with van der Waals surface area (Å²) in [5.41, 5.74) is 0. The zero-order valence-corrected chi connectivity index (χ0v) is 14.2. The smallest absolute Gasteiger partial charge is 0.324 e. The lowest BCUT2D eigenvalue weighted by Crippen LogP contribution is -2.01. The Morgan fingerprint density at radius 2 is 1.05 bits per heavy atom. The molecule has 0 rings (SSSR count). The first-order valence-electron chi connectivity index (χ1n) is 6.25. The summed E-state index contributed by atoms with van der Waals surface area (Å²) in [5.74, 6) is 0. The fourth-order valence-electron chi connectivity index (χ4n) is 1.41. The van der Waals surface area contributed by atoms with Gasteiger partial charge in [-0.05, 0) is 19.3 Å². The third-order valence-corrected chi connectivity index (χ3v) is 9.07. The SMILES string of the molecule is CCCP(=O)(O)OP(=O)(CCC)OP(=O)(O)CCC. The van der Waals surface area contributed by atoms with Crippen molar-refractivity contribution in [2.75, 3.05) is 18.5 Å². The fraction of sp³-hybridized carbons (Fsp3) is 1.00. The van der Waals surface area contributed by atoms with Gasteiger partial charge < -0.3 is 9.79 Å². The van der Waals surface area contributed by atoms with E-state index in [0.29, 0.717) is 19.3 Å². The molecule has 0 spiro atoms. The van der Waals surface area contributed by atoms with E-state index in [2.05, 4.69) is 0 Å². The highest BCUT2D eigenvalue weighted by Crippen LogP contribution is 2.69. The number of hydrogen-bond donors (Lipinski definition) is 2. The molecule has 0 aliphatic carbocycles. The van der Waals surface area contributed by atoms with Crippen molar-refractivity contribution in [2.24, 2.45) is 0 Å². The van der Waals surface area contributed by atoms with Gasteiger partial charge in [0, 0.05) is 0 Å². The summed E-state index contributed by atoms with van der Waals surface area (Å²) in [6, 6.07) is 0. The third kappa shape index (κ3) is 8.41. The fourth-order valence-corrected chi connectivity index (χ4v) is 7.89. The molecule has 0 aliphatic rings. The Morgan fingerprint density at radius 1 is 0.737 bits per heavy atom. The van der Waals surface area contributed by atoms with Crippen LogP contribution in [0, 0.1) is 0 Å². The highest BCUT2D eigenvalue weighted by Gasteiger charge is 2.39. The first-order valence-corrected chi connectivity index (χ1v) is 11.5. The average molecular weight is 336 g/mol. The molecule has 0 radical (unpaired) electrons. The Balaban J connectivity index is 5.01. The van der Waals surface area contributed by atoms with Crippen molar-refractivity contribution in [3.05, 3.63) is 0 Å². The maximum Gasteiger partial charge on any atom is 0.344 e. The average Bonchev–Trinajstić information content (AvgIpc) is 2.13. The lowest BCUT2D eigenvalue weighted by Gasteiger charge is -2.22. The predicted molar refractivity (Wildman–Crippen MR) is 74.9 cm³/mol. The minimum atomic E-state index is -4.07. The summed E-state index contributed by atoms with van der Waals surface area (Å²) in [5, 5.41) is 0. The number of rotatable bonds is 10. The second kappa shape index (κ2) is 8.09. The summed E-state index contributed by atoms with van der Waals surface area (Å²) >= 11 is 0. The van der Waals surface area contributed by atoms with Crippen LogP contribution >= 0.6 is 22.8 Å². The van der Waals surface area contributed by atoms with E-state index < -0.39 is 22.8 Å². The molecular weight excluding hydrogens is 313 g/mol. The molecular formula is C9H23O7P3. The van der Waals surface area contributed by atoms with Gasteiger partial charge in [-0.1, -0.05) is 20.8 Å². The van der Waals surface area contributed by atoms with Gasteiger partial charge in [0.15, 0.2) is 0 Å². The predicted octanol–water partition coefficient (Wildman–Crippen LogP) is 3.81. The van der Waals surface area contributed by atoms with Crippen LogP contribution in [0.5, 0.6) is 0 Å². The van der Waals surface area contributed by atoms with E-state index in [-0.39, 0.29) is 18.5 Å². The van der Waals surface area contributed by atoms with Crippen molar-refractivity contribution in [1.82, 2.24) is 0 Å². The Morgan fingerprint density at radius 3 is 1.32 bits per heavy atom. The van der Waals surface area contributed by atoms with Gasteiger partial charge in [-0.3, -0.25) is 13.7 Å². The molecule has 10 heteroatoms. The van der Waals surface area contributed by atoms with Crippen LogP contribution in [0.3, 0.4) is 0 Å². The molecule has 19 heavy (non-hydrogen) atoms. The minimum absolute atomic E-state index is 0.171. The van der Waals surface area contributed by atoms with E-state index in [1.54, 1.807) is 20.8 Å². The van der Waals surface area contributed by atoms with Gasteiger partial charge in [0.25, 0.3) is 0 Å². The Bertz CT molecular complexity index is 377.